The van der Waals surface area contributed by atoms with E-state index in [-0.39, 0.29) is 12.0 Å². The number of hydrogen-bond donors (Lipinski definition) is 2. The zero-order valence-electron chi connectivity index (χ0n) is 17.3. The number of benzene rings is 2. The number of carbonyl (C=O) groups is 1. The Hall–Kier alpha value is -3.18. The summed E-state index contributed by atoms with van der Waals surface area (Å²) < 4.78 is 0. The average Bonchev–Trinajstić information content (AvgIpc) is 2.79. The molecule has 156 valence electrons. The molecule has 0 saturated heterocycles. The lowest BCUT2D eigenvalue weighted by Crippen LogP contribution is -2.34. The van der Waals surface area contributed by atoms with E-state index in [2.05, 4.69) is 17.1 Å². The lowest BCUT2D eigenvalue weighted by Gasteiger charge is -2.29. The van der Waals surface area contributed by atoms with Gasteiger partial charge in [0.15, 0.2) is 0 Å². The van der Waals surface area contributed by atoms with Crippen molar-refractivity contribution in [1.29, 1.82) is 0 Å². The quantitative estimate of drug-likeness (QED) is 0.507. The highest BCUT2D eigenvalue weighted by atomic mass is 16.4. The van der Waals surface area contributed by atoms with Crippen LogP contribution in [-0.2, 0) is 0 Å². The lowest BCUT2D eigenvalue weighted by atomic mass is 9.92. The molecule has 1 aromatic heterocycles. The van der Waals surface area contributed by atoms with Crippen molar-refractivity contribution < 1.29 is 9.90 Å². The van der Waals surface area contributed by atoms with Gasteiger partial charge in [0.2, 0.25) is 0 Å². The van der Waals surface area contributed by atoms with Crippen LogP contribution in [0.3, 0.4) is 0 Å². The van der Waals surface area contributed by atoms with Gasteiger partial charge in [-0.3, -0.25) is 4.98 Å². The molecular weight excluding hydrogens is 374 g/mol. The van der Waals surface area contributed by atoms with Crippen LogP contribution < -0.4 is 5.73 Å². The Kier molecular flexibility index (Phi) is 7.57. The molecule has 5 nitrogen and oxygen atoms in total. The fraction of sp³-hybridized carbons (Fsp3) is 0.280. The molecule has 0 unspecified atom stereocenters. The molecule has 0 bridgehead atoms. The Balaban J connectivity index is 1.71. The zero-order chi connectivity index (χ0) is 21.3. The van der Waals surface area contributed by atoms with Crippen molar-refractivity contribution in [2.24, 2.45) is 5.73 Å². The van der Waals surface area contributed by atoms with Crippen molar-refractivity contribution in [3.63, 3.8) is 0 Å². The molecule has 30 heavy (non-hydrogen) atoms. The van der Waals surface area contributed by atoms with E-state index in [1.54, 1.807) is 6.20 Å². The fourth-order valence-electron chi connectivity index (χ4n) is 3.82. The molecule has 2 atom stereocenters. The van der Waals surface area contributed by atoms with Gasteiger partial charge in [-0.15, -0.1) is 0 Å². The largest absolute Gasteiger partial charge is 0.465 e. The number of nitrogens with zero attached hydrogens (tertiary/aromatic N) is 2. The third-order valence-corrected chi connectivity index (χ3v) is 5.61. The Bertz CT molecular complexity index is 914. The Morgan fingerprint density at radius 1 is 0.967 bits per heavy atom. The molecule has 1 heterocycles. The maximum absolute atomic E-state index is 12.0. The molecule has 0 fully saturated rings. The van der Waals surface area contributed by atoms with Gasteiger partial charge in [-0.2, -0.15) is 0 Å². The van der Waals surface area contributed by atoms with E-state index in [4.69, 9.17) is 5.73 Å². The first-order chi connectivity index (χ1) is 14.6. The number of aromatic nitrogens is 1. The summed E-state index contributed by atoms with van der Waals surface area (Å²) in [6.45, 7) is 2.98. The molecule has 3 rings (SSSR count). The summed E-state index contributed by atoms with van der Waals surface area (Å²) in [6.07, 6.45) is 4.25. The van der Waals surface area contributed by atoms with Crippen LogP contribution in [0.4, 0.5) is 4.79 Å². The molecule has 5 heteroatoms. The van der Waals surface area contributed by atoms with Crippen LogP contribution in [0.2, 0.25) is 0 Å². The van der Waals surface area contributed by atoms with E-state index >= 15 is 0 Å². The minimum absolute atomic E-state index is 0.236. The molecular formula is C25H29N3O2. The van der Waals surface area contributed by atoms with Crippen LogP contribution in [0.1, 0.15) is 42.9 Å². The van der Waals surface area contributed by atoms with E-state index < -0.39 is 6.09 Å². The number of nitrogens with two attached hydrogens (primary N) is 1. The van der Waals surface area contributed by atoms with Gasteiger partial charge in [0.05, 0.1) is 6.04 Å². The predicted molar refractivity (Wildman–Crippen MR) is 120 cm³/mol. The average molecular weight is 404 g/mol. The molecule has 3 aromatic rings. The maximum Gasteiger partial charge on any atom is 0.407 e. The summed E-state index contributed by atoms with van der Waals surface area (Å²) in [7, 11) is 0. The highest BCUT2D eigenvalue weighted by Crippen LogP contribution is 2.28. The SMILES string of the molecule is C[C@@H](c1ccc(-c2cccnc2)cc1)N(CC[C@H](CCN)c1ccccc1)C(=O)O. The summed E-state index contributed by atoms with van der Waals surface area (Å²) in [6, 6.07) is 21.9. The van der Waals surface area contributed by atoms with Crippen LogP contribution in [0, 0.1) is 0 Å². The first-order valence-electron chi connectivity index (χ1n) is 10.3. The first-order valence-corrected chi connectivity index (χ1v) is 10.3. The highest BCUT2D eigenvalue weighted by Gasteiger charge is 2.22. The van der Waals surface area contributed by atoms with Crippen LogP contribution in [0.15, 0.2) is 79.1 Å². The van der Waals surface area contributed by atoms with Crippen molar-refractivity contribution in [3.8, 4) is 11.1 Å². The maximum atomic E-state index is 12.0. The molecule has 0 aliphatic carbocycles. The standard InChI is InChI=1S/C25H29N3O2/c1-19(20-9-11-22(12-10-20)24-8-5-16-27-18-24)28(25(29)30)17-14-23(13-15-26)21-6-3-2-4-7-21/h2-12,16,18-19,23H,13-15,17,26H2,1H3,(H,29,30)/t19-,23-/m0/s1. The van der Waals surface area contributed by atoms with E-state index in [1.807, 2.05) is 67.7 Å². The van der Waals surface area contributed by atoms with Gasteiger partial charge in [0.1, 0.15) is 0 Å². The van der Waals surface area contributed by atoms with Gasteiger partial charge in [0, 0.05) is 18.9 Å². The highest BCUT2D eigenvalue weighted by molar-refractivity contribution is 5.66. The molecule has 0 aliphatic rings. The second-order valence-corrected chi connectivity index (χ2v) is 7.49. The molecule has 3 N–H and O–H groups in total. The van der Waals surface area contributed by atoms with Gasteiger partial charge in [-0.1, -0.05) is 60.7 Å². The third-order valence-electron chi connectivity index (χ3n) is 5.61. The molecule has 2 aromatic carbocycles. The van der Waals surface area contributed by atoms with Crippen LogP contribution in [0.25, 0.3) is 11.1 Å². The van der Waals surface area contributed by atoms with E-state index in [0.717, 1.165) is 29.5 Å². The second kappa shape index (κ2) is 10.6. The Labute approximate surface area is 178 Å². The smallest absolute Gasteiger partial charge is 0.407 e. The van der Waals surface area contributed by atoms with E-state index in [9.17, 15) is 9.90 Å². The molecule has 0 saturated carbocycles. The number of carboxylic acid groups (broad SMARTS) is 1. The number of hydrogen-bond acceptors (Lipinski definition) is 3. The number of rotatable bonds is 9. The van der Waals surface area contributed by atoms with Gasteiger partial charge >= 0.3 is 6.09 Å². The van der Waals surface area contributed by atoms with Gasteiger partial charge in [-0.25, -0.2) is 4.79 Å². The van der Waals surface area contributed by atoms with Crippen LogP contribution in [0.5, 0.6) is 0 Å². The van der Waals surface area contributed by atoms with E-state index in [1.165, 1.54) is 10.5 Å². The normalized spacial score (nSPS) is 12.9. The lowest BCUT2D eigenvalue weighted by molar-refractivity contribution is 0.126. The van der Waals surface area contributed by atoms with Crippen molar-refractivity contribution in [2.75, 3.05) is 13.1 Å². The minimum Gasteiger partial charge on any atom is -0.465 e. The summed E-state index contributed by atoms with van der Waals surface area (Å²) in [4.78, 5) is 17.7. The van der Waals surface area contributed by atoms with Gasteiger partial charge in [0.25, 0.3) is 0 Å². The van der Waals surface area contributed by atoms with Crippen LogP contribution >= 0.6 is 0 Å². The fourth-order valence-corrected chi connectivity index (χ4v) is 3.82. The van der Waals surface area contributed by atoms with Crippen molar-refractivity contribution >= 4 is 6.09 Å². The monoisotopic (exact) mass is 403 g/mol. The molecule has 0 aliphatic heterocycles. The summed E-state index contributed by atoms with van der Waals surface area (Å²) in [5.41, 5.74) is 10.1. The molecule has 0 spiro atoms. The molecule has 1 amide bonds. The van der Waals surface area contributed by atoms with E-state index in [0.29, 0.717) is 13.1 Å². The zero-order valence-corrected chi connectivity index (χ0v) is 17.3. The van der Waals surface area contributed by atoms with Crippen molar-refractivity contribution in [3.05, 3.63) is 90.3 Å². The number of amides is 1. The molecule has 0 radical (unpaired) electrons. The summed E-state index contributed by atoms with van der Waals surface area (Å²) in [5.74, 6) is 0.248. The Morgan fingerprint density at radius 2 is 1.70 bits per heavy atom. The van der Waals surface area contributed by atoms with Crippen molar-refractivity contribution in [1.82, 2.24) is 9.88 Å². The first kappa shape index (κ1) is 21.5. The number of pyridine rings is 1. The van der Waals surface area contributed by atoms with Crippen molar-refractivity contribution in [2.45, 2.75) is 31.7 Å². The minimum atomic E-state index is -0.904. The Morgan fingerprint density at radius 3 is 2.30 bits per heavy atom. The third kappa shape index (κ3) is 5.45. The second-order valence-electron chi connectivity index (χ2n) is 7.49. The topological polar surface area (TPSA) is 79.5 Å². The van der Waals surface area contributed by atoms with Crippen LogP contribution in [-0.4, -0.2) is 34.2 Å². The summed E-state index contributed by atoms with van der Waals surface area (Å²) >= 11 is 0. The van der Waals surface area contributed by atoms with Gasteiger partial charge < -0.3 is 15.7 Å². The predicted octanol–water partition coefficient (Wildman–Crippen LogP) is 5.31. The summed E-state index contributed by atoms with van der Waals surface area (Å²) in [5, 5.41) is 9.84. The van der Waals surface area contributed by atoms with Gasteiger partial charge in [-0.05, 0) is 60.5 Å².